The number of aromatic nitrogens is 4. The molecule has 0 saturated carbocycles. The molecule has 5 amide bonds. The molecule has 5 atom stereocenters. The predicted molar refractivity (Wildman–Crippen MR) is 561 cm³/mol. The van der Waals surface area contributed by atoms with Gasteiger partial charge in [-0.1, -0.05) is 194 Å². The minimum absolute atomic E-state index is 0.170. The molecule has 3 aliphatic rings. The Bertz CT molecular complexity index is 6830. The number of rotatable bonds is 44. The molecule has 0 aliphatic carbocycles. The fourth-order valence-electron chi connectivity index (χ4n) is 15.2. The van der Waals surface area contributed by atoms with Gasteiger partial charge < -0.3 is 66.7 Å². The maximum atomic E-state index is 13.1. The van der Waals surface area contributed by atoms with E-state index in [1.807, 2.05) is 232 Å². The SMILES string of the molecule is CCOC(Cc1ccc(OCCc2ccc(OS(C)(=O)=O)cc2)cc1)C(=O)O.CCc1ccc(CCOc2ccc(CC3SC(=O)NC3=O)cc2)nc1.CN(CCOc1ccc(CC2SC(=O)NC2=O)cc1)c1ccccn1.Cc1oc(-c2ccccc2)nc1CCOc1ccc(CC(Nc2ccccc2C(=O)c2ccccc2)C(=O)O)cc1.Cc1oc(-c2ccccc2)nc1CCOc1ccc(CC2C(=O)NOC2=O)cc1. The first-order valence-electron chi connectivity index (χ1n) is 47.8. The molecule has 6 N–H and O–H groups in total. The van der Waals surface area contributed by atoms with E-state index in [9.17, 15) is 56.7 Å². The molecule has 5 unspecified atom stereocenters. The monoisotopic (exact) mass is 2060 g/mol. The summed E-state index contributed by atoms with van der Waals surface area (Å²) >= 11 is 2.09. The van der Waals surface area contributed by atoms with Crippen LogP contribution in [0.2, 0.25) is 0 Å². The number of hydrogen-bond acceptors (Lipinski definition) is 29. The minimum Gasteiger partial charge on any atom is -0.493 e. The van der Waals surface area contributed by atoms with Crippen molar-refractivity contribution in [1.29, 1.82) is 0 Å². The van der Waals surface area contributed by atoms with Crippen LogP contribution in [0.4, 0.5) is 21.1 Å². The van der Waals surface area contributed by atoms with E-state index in [2.05, 4.69) is 59.2 Å². The molecule has 0 spiro atoms. The predicted octanol–water partition coefficient (Wildman–Crippen LogP) is 18.0. The van der Waals surface area contributed by atoms with Crippen LogP contribution in [0, 0.1) is 19.8 Å². The van der Waals surface area contributed by atoms with Crippen molar-refractivity contribution < 1.29 is 108 Å². The second-order valence-corrected chi connectivity index (χ2v) is 38.0. The van der Waals surface area contributed by atoms with Gasteiger partial charge in [0.15, 0.2) is 11.9 Å². The van der Waals surface area contributed by atoms with Gasteiger partial charge >= 0.3 is 28.0 Å². The summed E-state index contributed by atoms with van der Waals surface area (Å²) in [5, 5.41) is 25.5. The third kappa shape index (κ3) is 34.5. The topological polar surface area (TPSA) is 431 Å². The van der Waals surface area contributed by atoms with Crippen LogP contribution >= 0.6 is 23.5 Å². The second-order valence-electron chi connectivity index (χ2n) is 34.1. The van der Waals surface area contributed by atoms with Crippen molar-refractivity contribution in [1.82, 2.24) is 36.0 Å². The molecular formula is C113H113N9O23S3. The van der Waals surface area contributed by atoms with Crippen molar-refractivity contribution in [3.8, 4) is 57.4 Å². The third-order valence-corrected chi connectivity index (χ3v) is 25.6. The number of ether oxygens (including phenoxy) is 6. The Kier molecular flexibility index (Phi) is 40.6. The molecule has 7 heterocycles. The Morgan fingerprint density at radius 1 is 0.466 bits per heavy atom. The number of benzene rings is 10. The van der Waals surface area contributed by atoms with Gasteiger partial charge in [-0.2, -0.15) is 13.9 Å². The van der Waals surface area contributed by atoms with Crippen molar-refractivity contribution in [2.24, 2.45) is 5.92 Å². The van der Waals surface area contributed by atoms with Gasteiger partial charge in [-0.05, 0) is 213 Å². The van der Waals surface area contributed by atoms with Gasteiger partial charge in [-0.15, -0.1) is 0 Å². The van der Waals surface area contributed by atoms with Crippen LogP contribution < -0.4 is 54.2 Å². The summed E-state index contributed by atoms with van der Waals surface area (Å²) in [6.45, 7) is 11.2. The van der Waals surface area contributed by atoms with Crippen molar-refractivity contribution in [2.45, 2.75) is 115 Å². The highest BCUT2D eigenvalue weighted by molar-refractivity contribution is 8.15. The molecule has 3 fully saturated rings. The Morgan fingerprint density at radius 3 is 1.34 bits per heavy atom. The van der Waals surface area contributed by atoms with Crippen LogP contribution in [-0.4, -0.2) is 173 Å². The highest BCUT2D eigenvalue weighted by Crippen LogP contribution is 2.31. The van der Waals surface area contributed by atoms with E-state index >= 15 is 0 Å². The first kappa shape index (κ1) is 109. The maximum Gasteiger partial charge on any atom is 0.345 e. The summed E-state index contributed by atoms with van der Waals surface area (Å²) in [6.07, 6.45) is 9.32. The summed E-state index contributed by atoms with van der Waals surface area (Å²) in [5.74, 6) is 3.22. The zero-order valence-electron chi connectivity index (χ0n) is 82.2. The fourth-order valence-corrected chi connectivity index (χ4v) is 17.4. The third-order valence-electron chi connectivity index (χ3n) is 23.2. The van der Waals surface area contributed by atoms with Crippen LogP contribution in [0.5, 0.6) is 34.5 Å². The summed E-state index contributed by atoms with van der Waals surface area (Å²) in [6, 6.07) is 88.3. The van der Waals surface area contributed by atoms with E-state index < -0.39 is 52.0 Å². The number of carbonyl (C=O) groups excluding carboxylic acids is 7. The molecule has 32 nitrogen and oxygen atoms in total. The molecular weight excluding hydrogens is 1950 g/mol. The first-order chi connectivity index (χ1) is 71.6. The largest absolute Gasteiger partial charge is 0.493 e. The van der Waals surface area contributed by atoms with Crippen molar-refractivity contribution in [2.75, 3.05) is 69.7 Å². The summed E-state index contributed by atoms with van der Waals surface area (Å²) in [4.78, 5) is 129. The molecule has 14 aromatic rings. The van der Waals surface area contributed by atoms with Gasteiger partial charge in [-0.3, -0.25) is 44.4 Å². The molecule has 35 heteroatoms. The smallest absolute Gasteiger partial charge is 0.345 e. The number of amides is 5. The van der Waals surface area contributed by atoms with Crippen LogP contribution in [0.1, 0.15) is 97.3 Å². The Balaban J connectivity index is 0.000000157. The first-order valence-corrected chi connectivity index (χ1v) is 51.4. The number of carboxylic acid groups (broad SMARTS) is 2. The minimum atomic E-state index is -3.53. The molecule has 4 aromatic heterocycles. The normalized spacial score (nSPS) is 14.3. The molecule has 766 valence electrons. The van der Waals surface area contributed by atoms with Crippen molar-refractivity contribution >= 4 is 97.0 Å². The lowest BCUT2D eigenvalue weighted by molar-refractivity contribution is -0.150. The summed E-state index contributed by atoms with van der Waals surface area (Å²) in [7, 11) is -1.55. The number of hydroxylamine groups is 1. The van der Waals surface area contributed by atoms with E-state index in [-0.39, 0.29) is 50.7 Å². The number of hydrogen-bond donors (Lipinski definition) is 6. The lowest BCUT2D eigenvalue weighted by Gasteiger charge is -2.18. The van der Waals surface area contributed by atoms with E-state index in [0.29, 0.717) is 130 Å². The highest BCUT2D eigenvalue weighted by atomic mass is 32.2. The van der Waals surface area contributed by atoms with E-state index in [0.717, 1.165) is 140 Å². The lowest BCUT2D eigenvalue weighted by Crippen LogP contribution is -2.32. The number of aryl methyl sites for hydroxylation is 3. The van der Waals surface area contributed by atoms with E-state index in [4.69, 9.17) is 46.5 Å². The van der Waals surface area contributed by atoms with Gasteiger partial charge in [0.25, 0.3) is 16.4 Å². The van der Waals surface area contributed by atoms with Crippen LogP contribution in [0.15, 0.2) is 312 Å². The van der Waals surface area contributed by atoms with Crippen LogP contribution in [-0.2, 0) is 113 Å². The number of aliphatic carboxylic acids is 2. The number of imide groups is 2. The van der Waals surface area contributed by atoms with E-state index in [1.54, 1.807) is 98.0 Å². The van der Waals surface area contributed by atoms with Gasteiger partial charge in [0.1, 0.15) is 70.4 Å². The number of nitrogens with one attached hydrogen (secondary N) is 4. The standard InChI is InChI=1S/C34H30N2O5.C22H20N2O5.C20H24O7S.C19H20N2O3S.C18H19N3O3S/c1-23-29(36-33(41-23)26-12-6-3-7-13-26)20-21-40-27-18-16-24(17-19-27)22-31(34(38)39)35-30-15-9-8-14-28(30)32(37)25-10-4-2-5-11-25;1-14-19(23-21(28-14)16-5-3-2-4-6-16)11-12-27-17-9-7-15(8-10-17)13-18-20(25)24-29-22(18)26;1-3-25-19(20(21)22)14-16-6-8-17(9-7-16)26-13-12-15-4-10-18(11-5-15)27-28(2,23)24;1-2-13-3-6-15(20-12-13)9-10-24-16-7-4-14(5-8-16)11-17-18(22)21-19(23)25-17;1-21(16-4-2-3-9-19-16)10-11-24-14-7-5-13(6-8-14)12-15-17(22)20-18(23)25-15/h2-19,31,35H,20-22H2,1H3,(H,38,39);2-10,18H,11-13H2,1H3,(H,24,25);4-11,19H,3,12-14H2,1-2H3,(H,21,22);3-8,12,17H,2,9-11H2,1H3,(H,21,22,23);2-9,15H,10-12H2,1H3,(H,20,22,23). The summed E-state index contributed by atoms with van der Waals surface area (Å²) < 4.78 is 72.7. The quantitative estimate of drug-likeness (QED) is 0.0117. The fraction of sp³-hybridized carbons (Fsp3) is 0.248. The van der Waals surface area contributed by atoms with Gasteiger partial charge in [0.05, 0.1) is 61.1 Å². The second kappa shape index (κ2) is 55.2. The van der Waals surface area contributed by atoms with Crippen LogP contribution in [0.3, 0.4) is 0 Å². The number of anilines is 2. The van der Waals surface area contributed by atoms with Gasteiger partial charge in [0.2, 0.25) is 23.6 Å². The van der Waals surface area contributed by atoms with Crippen molar-refractivity contribution in [3.63, 3.8) is 0 Å². The average Bonchev–Trinajstić information content (AvgIpc) is 1.53. The number of para-hydroxylation sites is 1. The van der Waals surface area contributed by atoms with E-state index in [1.165, 1.54) is 5.56 Å². The van der Waals surface area contributed by atoms with Gasteiger partial charge in [-0.25, -0.2) is 29.3 Å². The number of carbonyl (C=O) groups is 9. The highest BCUT2D eigenvalue weighted by Gasteiger charge is 2.37. The average molecular weight is 2060 g/mol. The number of pyridine rings is 2. The number of thioether (sulfide) groups is 2. The molecule has 0 radical (unpaired) electrons. The molecule has 17 rings (SSSR count). The summed E-state index contributed by atoms with van der Waals surface area (Å²) in [5.41, 5.74) is 14.9. The lowest BCUT2D eigenvalue weighted by atomic mass is 9.99. The molecule has 3 aliphatic heterocycles. The number of carboxylic acids is 2. The zero-order chi connectivity index (χ0) is 105. The maximum absolute atomic E-state index is 13.1. The number of ketones is 1. The Morgan fingerprint density at radius 2 is 0.905 bits per heavy atom. The Labute approximate surface area is 865 Å². The molecule has 148 heavy (non-hydrogen) atoms. The number of oxazole rings is 2. The number of likely N-dealkylation sites (N-methyl/N-ethyl adjacent to an activating group) is 1. The molecule has 10 aromatic carbocycles. The zero-order valence-corrected chi connectivity index (χ0v) is 84.7. The number of nitrogens with zero attached hydrogens (tertiary/aromatic N) is 5. The Hall–Kier alpha value is -16.2. The van der Waals surface area contributed by atoms with Gasteiger partial charge in [0, 0.05) is 98.2 Å². The van der Waals surface area contributed by atoms with Crippen molar-refractivity contribution in [3.05, 3.63) is 382 Å². The molecule has 0 bridgehead atoms. The molecule has 3 saturated heterocycles. The van der Waals surface area contributed by atoms with Crippen LogP contribution in [0.25, 0.3) is 22.9 Å².